The Labute approximate surface area is 153 Å². The molecule has 7 heteroatoms. The van der Waals surface area contributed by atoms with E-state index in [1.54, 1.807) is 50.2 Å². The summed E-state index contributed by atoms with van der Waals surface area (Å²) < 4.78 is 40.8. The maximum atomic E-state index is 13.8. The summed E-state index contributed by atoms with van der Waals surface area (Å²) in [5, 5.41) is 0. The zero-order chi connectivity index (χ0) is 19.1. The van der Waals surface area contributed by atoms with Gasteiger partial charge in [0.2, 0.25) is 15.9 Å². The molecule has 3 rings (SSSR count). The molecule has 0 bridgehead atoms. The Morgan fingerprint density at radius 2 is 1.69 bits per heavy atom. The van der Waals surface area contributed by atoms with Crippen LogP contribution in [0, 0.1) is 19.7 Å². The summed E-state index contributed by atoms with van der Waals surface area (Å²) >= 11 is 0. The highest BCUT2D eigenvalue weighted by Gasteiger charge is 2.39. The molecule has 26 heavy (non-hydrogen) atoms. The van der Waals surface area contributed by atoms with Gasteiger partial charge in [-0.1, -0.05) is 23.8 Å². The van der Waals surface area contributed by atoms with Crippen LogP contribution in [0.15, 0.2) is 47.4 Å². The van der Waals surface area contributed by atoms with Crippen molar-refractivity contribution >= 4 is 21.6 Å². The van der Waals surface area contributed by atoms with Crippen LogP contribution in [0.1, 0.15) is 18.1 Å². The topological polar surface area (TPSA) is 57.7 Å². The number of nitrogens with zero attached hydrogens (tertiary/aromatic N) is 2. The van der Waals surface area contributed by atoms with Crippen LogP contribution in [0.5, 0.6) is 0 Å². The van der Waals surface area contributed by atoms with Crippen LogP contribution in [0.2, 0.25) is 0 Å². The fourth-order valence-electron chi connectivity index (χ4n) is 3.03. The first kappa shape index (κ1) is 18.5. The Bertz CT molecular complexity index is 942. The van der Waals surface area contributed by atoms with Crippen molar-refractivity contribution in [1.82, 2.24) is 4.31 Å². The van der Waals surface area contributed by atoms with Gasteiger partial charge in [0, 0.05) is 18.8 Å². The van der Waals surface area contributed by atoms with Crippen molar-refractivity contribution in [3.8, 4) is 0 Å². The largest absolute Gasteiger partial charge is 0.310 e. The number of aryl methyl sites for hydroxylation is 2. The van der Waals surface area contributed by atoms with Gasteiger partial charge in [-0.25, -0.2) is 12.8 Å². The van der Waals surface area contributed by atoms with Gasteiger partial charge in [0.1, 0.15) is 11.9 Å². The van der Waals surface area contributed by atoms with E-state index in [1.807, 2.05) is 6.92 Å². The average molecular weight is 376 g/mol. The van der Waals surface area contributed by atoms with Crippen molar-refractivity contribution in [3.05, 3.63) is 59.4 Å². The van der Waals surface area contributed by atoms with Crippen molar-refractivity contribution in [1.29, 1.82) is 0 Å². The molecule has 138 valence electrons. The molecular weight excluding hydrogens is 355 g/mol. The number of hydrogen-bond donors (Lipinski definition) is 0. The molecule has 1 aliphatic heterocycles. The van der Waals surface area contributed by atoms with Crippen molar-refractivity contribution in [3.63, 3.8) is 0 Å². The summed E-state index contributed by atoms with van der Waals surface area (Å²) in [6, 6.07) is 10.3. The Kier molecular flexibility index (Phi) is 4.86. The second-order valence-electron chi connectivity index (χ2n) is 6.53. The summed E-state index contributed by atoms with van der Waals surface area (Å²) in [5.74, 6) is -0.757. The smallest absolute Gasteiger partial charge is 0.245 e. The van der Waals surface area contributed by atoms with E-state index >= 15 is 0 Å². The normalized spacial score (nSPS) is 19.0. The van der Waals surface area contributed by atoms with Crippen molar-refractivity contribution in [2.24, 2.45) is 0 Å². The molecule has 1 unspecified atom stereocenters. The fourth-order valence-corrected chi connectivity index (χ4v) is 4.61. The van der Waals surface area contributed by atoms with E-state index in [0.29, 0.717) is 11.3 Å². The molecule has 1 heterocycles. The zero-order valence-electron chi connectivity index (χ0n) is 14.9. The minimum absolute atomic E-state index is 0.151. The maximum absolute atomic E-state index is 13.8. The number of sulfonamides is 1. The highest BCUT2D eigenvalue weighted by Crippen LogP contribution is 2.26. The summed E-state index contributed by atoms with van der Waals surface area (Å²) in [7, 11) is -3.77. The third kappa shape index (κ3) is 3.24. The third-order valence-electron chi connectivity index (χ3n) is 4.69. The van der Waals surface area contributed by atoms with E-state index in [9.17, 15) is 17.6 Å². The molecule has 1 saturated heterocycles. The Balaban J connectivity index is 1.87. The summed E-state index contributed by atoms with van der Waals surface area (Å²) in [5.41, 5.74) is 1.89. The molecule has 0 N–H and O–H groups in total. The van der Waals surface area contributed by atoms with Crippen LogP contribution >= 0.6 is 0 Å². The van der Waals surface area contributed by atoms with E-state index in [-0.39, 0.29) is 23.9 Å². The highest BCUT2D eigenvalue weighted by molar-refractivity contribution is 7.89. The molecule has 0 radical (unpaired) electrons. The van der Waals surface area contributed by atoms with Gasteiger partial charge in [0.05, 0.1) is 4.90 Å². The molecular formula is C19H21FN2O3S. The number of carbonyl (C=O) groups is 1. The first-order chi connectivity index (χ1) is 12.2. The van der Waals surface area contributed by atoms with Crippen LogP contribution in [0.4, 0.5) is 10.1 Å². The summed E-state index contributed by atoms with van der Waals surface area (Å²) in [6.45, 7) is 5.41. The number of benzene rings is 2. The van der Waals surface area contributed by atoms with Gasteiger partial charge in [-0.15, -0.1) is 0 Å². The lowest BCUT2D eigenvalue weighted by atomic mass is 10.1. The molecule has 2 aromatic carbocycles. The van der Waals surface area contributed by atoms with Crippen molar-refractivity contribution in [2.45, 2.75) is 31.7 Å². The van der Waals surface area contributed by atoms with Gasteiger partial charge in [-0.2, -0.15) is 4.31 Å². The van der Waals surface area contributed by atoms with Crippen LogP contribution in [0.25, 0.3) is 0 Å². The minimum Gasteiger partial charge on any atom is -0.310 e. The zero-order valence-corrected chi connectivity index (χ0v) is 15.8. The lowest BCUT2D eigenvalue weighted by molar-refractivity contribution is -0.123. The molecule has 0 aromatic heterocycles. The average Bonchev–Trinajstić information content (AvgIpc) is 2.60. The molecule has 0 aliphatic carbocycles. The molecule has 2 aromatic rings. The second-order valence-corrected chi connectivity index (χ2v) is 8.42. The van der Waals surface area contributed by atoms with Gasteiger partial charge in [-0.3, -0.25) is 4.79 Å². The molecule has 1 fully saturated rings. The van der Waals surface area contributed by atoms with E-state index in [2.05, 4.69) is 0 Å². The molecule has 0 spiro atoms. The summed E-state index contributed by atoms with van der Waals surface area (Å²) in [6.07, 6.45) is 0. The van der Waals surface area contributed by atoms with E-state index in [1.165, 1.54) is 15.3 Å². The van der Waals surface area contributed by atoms with Crippen LogP contribution in [-0.2, 0) is 14.8 Å². The number of hydrogen-bond acceptors (Lipinski definition) is 3. The standard InChI is InChI=1S/C19H21FN2O3S/c1-13-4-8-17(9-5-13)26(24,25)22-11-10-21(19(23)15(22)3)16-7-6-14(2)18(20)12-16/h4-9,12,15H,10-11H2,1-3H3. The van der Waals surface area contributed by atoms with E-state index in [4.69, 9.17) is 0 Å². The number of anilines is 1. The third-order valence-corrected chi connectivity index (χ3v) is 6.68. The highest BCUT2D eigenvalue weighted by atomic mass is 32.2. The Morgan fingerprint density at radius 1 is 1.04 bits per heavy atom. The van der Waals surface area contributed by atoms with Gasteiger partial charge in [-0.05, 0) is 50.6 Å². The molecule has 1 aliphatic rings. The number of carbonyl (C=O) groups excluding carboxylic acids is 1. The number of rotatable bonds is 3. The number of piperazine rings is 1. The number of halogens is 1. The first-order valence-corrected chi connectivity index (χ1v) is 9.82. The lowest BCUT2D eigenvalue weighted by Gasteiger charge is -2.38. The predicted molar refractivity (Wildman–Crippen MR) is 98.0 cm³/mol. The monoisotopic (exact) mass is 376 g/mol. The Hall–Kier alpha value is -2.25. The maximum Gasteiger partial charge on any atom is 0.245 e. The van der Waals surface area contributed by atoms with E-state index < -0.39 is 21.9 Å². The molecule has 1 amide bonds. The van der Waals surface area contributed by atoms with Crippen LogP contribution < -0.4 is 4.90 Å². The fraction of sp³-hybridized carbons (Fsp3) is 0.316. The van der Waals surface area contributed by atoms with Crippen LogP contribution in [-0.4, -0.2) is 37.8 Å². The van der Waals surface area contributed by atoms with Crippen molar-refractivity contribution in [2.75, 3.05) is 18.0 Å². The van der Waals surface area contributed by atoms with E-state index in [0.717, 1.165) is 5.56 Å². The SMILES string of the molecule is Cc1ccc(S(=O)(=O)N2CCN(c3ccc(C)c(F)c3)C(=O)C2C)cc1. The van der Waals surface area contributed by atoms with Gasteiger partial charge < -0.3 is 4.90 Å². The second kappa shape index (κ2) is 6.81. The Morgan fingerprint density at radius 3 is 2.31 bits per heavy atom. The van der Waals surface area contributed by atoms with Crippen molar-refractivity contribution < 1.29 is 17.6 Å². The molecule has 0 saturated carbocycles. The number of amides is 1. The summed E-state index contributed by atoms with van der Waals surface area (Å²) in [4.78, 5) is 14.4. The molecule has 1 atom stereocenters. The van der Waals surface area contributed by atoms with Gasteiger partial charge in [0.15, 0.2) is 0 Å². The predicted octanol–water partition coefficient (Wildman–Crippen LogP) is 2.87. The quantitative estimate of drug-likeness (QED) is 0.828. The van der Waals surface area contributed by atoms with Gasteiger partial charge in [0.25, 0.3) is 0 Å². The first-order valence-electron chi connectivity index (χ1n) is 8.38. The molecule has 5 nitrogen and oxygen atoms in total. The van der Waals surface area contributed by atoms with Gasteiger partial charge >= 0.3 is 0 Å². The minimum atomic E-state index is -3.77. The lowest BCUT2D eigenvalue weighted by Crippen LogP contribution is -2.57. The van der Waals surface area contributed by atoms with Crippen LogP contribution in [0.3, 0.4) is 0 Å².